The second-order valence-corrected chi connectivity index (χ2v) is 7.29. The number of rotatable bonds is 9. The zero-order chi connectivity index (χ0) is 19.8. The zero-order valence-corrected chi connectivity index (χ0v) is 17.0. The molecular formula is C23H31NO3. The molecule has 2 rings (SSSR count). The largest absolute Gasteiger partial charge is 0.493 e. The Labute approximate surface area is 162 Å². The van der Waals surface area contributed by atoms with Gasteiger partial charge in [-0.05, 0) is 54.5 Å². The summed E-state index contributed by atoms with van der Waals surface area (Å²) in [7, 11) is 3.24. The lowest BCUT2D eigenvalue weighted by molar-refractivity contribution is -0.122. The number of nitrogens with one attached hydrogen (secondary N) is 1. The Kier molecular flexibility index (Phi) is 7.71. The lowest BCUT2D eigenvalue weighted by Gasteiger charge is -2.14. The summed E-state index contributed by atoms with van der Waals surface area (Å²) in [6.45, 7) is 6.96. The van der Waals surface area contributed by atoms with Crippen LogP contribution in [0.4, 0.5) is 0 Å². The van der Waals surface area contributed by atoms with Gasteiger partial charge in [-0.1, -0.05) is 44.2 Å². The molecule has 1 amide bonds. The first-order valence-electron chi connectivity index (χ1n) is 9.52. The third-order valence-electron chi connectivity index (χ3n) is 4.68. The molecule has 0 unspecified atom stereocenters. The van der Waals surface area contributed by atoms with Crippen molar-refractivity contribution in [2.75, 3.05) is 20.8 Å². The number of hydrogen-bond acceptors (Lipinski definition) is 3. The standard InChI is InChI=1S/C23H31NO3/c1-16(2)14-18-6-9-20(10-7-18)17(3)23(25)24-13-12-19-8-11-21(26-4)22(15-19)27-5/h6-11,15-17H,12-14H2,1-5H3,(H,24,25)/t17-/m1/s1. The zero-order valence-electron chi connectivity index (χ0n) is 17.0. The van der Waals surface area contributed by atoms with Crippen LogP contribution in [0.3, 0.4) is 0 Å². The van der Waals surface area contributed by atoms with Gasteiger partial charge in [0.2, 0.25) is 5.91 Å². The maximum absolute atomic E-state index is 12.5. The van der Waals surface area contributed by atoms with E-state index in [2.05, 4.69) is 43.4 Å². The summed E-state index contributed by atoms with van der Waals surface area (Å²) in [5.74, 6) is 1.93. The molecule has 0 aliphatic rings. The van der Waals surface area contributed by atoms with E-state index >= 15 is 0 Å². The van der Waals surface area contributed by atoms with Gasteiger partial charge in [0.25, 0.3) is 0 Å². The molecule has 0 bridgehead atoms. The second kappa shape index (κ2) is 10.0. The van der Waals surface area contributed by atoms with Gasteiger partial charge in [0, 0.05) is 6.54 Å². The van der Waals surface area contributed by atoms with Gasteiger partial charge >= 0.3 is 0 Å². The highest BCUT2D eigenvalue weighted by Gasteiger charge is 2.15. The van der Waals surface area contributed by atoms with E-state index in [9.17, 15) is 4.79 Å². The van der Waals surface area contributed by atoms with Gasteiger partial charge in [-0.25, -0.2) is 0 Å². The minimum atomic E-state index is -0.163. The number of ether oxygens (including phenoxy) is 2. The van der Waals surface area contributed by atoms with Crippen LogP contribution in [-0.4, -0.2) is 26.7 Å². The Morgan fingerprint density at radius 1 is 0.926 bits per heavy atom. The summed E-state index contributed by atoms with van der Waals surface area (Å²) in [6, 6.07) is 14.2. The summed E-state index contributed by atoms with van der Waals surface area (Å²) in [6.07, 6.45) is 1.80. The minimum absolute atomic E-state index is 0.0482. The van der Waals surface area contributed by atoms with Crippen LogP contribution in [0.2, 0.25) is 0 Å². The fourth-order valence-electron chi connectivity index (χ4n) is 3.08. The highest BCUT2D eigenvalue weighted by molar-refractivity contribution is 5.83. The SMILES string of the molecule is COc1ccc(CCNC(=O)[C@H](C)c2ccc(CC(C)C)cc2)cc1OC. The van der Waals surface area contributed by atoms with E-state index in [4.69, 9.17) is 9.47 Å². The van der Waals surface area contributed by atoms with Crippen molar-refractivity contribution in [2.45, 2.75) is 39.5 Å². The average Bonchev–Trinajstić information content (AvgIpc) is 2.67. The van der Waals surface area contributed by atoms with Crippen LogP contribution in [0.5, 0.6) is 11.5 Å². The van der Waals surface area contributed by atoms with E-state index in [1.165, 1.54) is 5.56 Å². The van der Waals surface area contributed by atoms with E-state index < -0.39 is 0 Å². The molecule has 2 aromatic carbocycles. The Hall–Kier alpha value is -2.49. The molecule has 2 aromatic rings. The number of benzene rings is 2. The second-order valence-electron chi connectivity index (χ2n) is 7.29. The quantitative estimate of drug-likeness (QED) is 0.714. The van der Waals surface area contributed by atoms with Crippen molar-refractivity contribution in [3.05, 3.63) is 59.2 Å². The summed E-state index contributed by atoms with van der Waals surface area (Å²) in [5.41, 5.74) is 3.46. The Morgan fingerprint density at radius 3 is 2.15 bits per heavy atom. The summed E-state index contributed by atoms with van der Waals surface area (Å²) in [4.78, 5) is 12.5. The van der Waals surface area contributed by atoms with Crippen molar-refractivity contribution in [1.29, 1.82) is 0 Å². The third-order valence-corrected chi connectivity index (χ3v) is 4.68. The molecule has 0 fully saturated rings. The maximum atomic E-state index is 12.5. The number of carbonyl (C=O) groups excluding carboxylic acids is 1. The number of carbonyl (C=O) groups is 1. The summed E-state index contributed by atoms with van der Waals surface area (Å²) in [5, 5.41) is 3.03. The molecule has 0 radical (unpaired) electrons. The van der Waals surface area contributed by atoms with Crippen LogP contribution in [-0.2, 0) is 17.6 Å². The molecular weight excluding hydrogens is 338 g/mol. The van der Waals surface area contributed by atoms with Gasteiger partial charge in [-0.2, -0.15) is 0 Å². The lowest BCUT2D eigenvalue weighted by atomic mass is 9.96. The van der Waals surface area contributed by atoms with Gasteiger partial charge in [-0.3, -0.25) is 4.79 Å². The van der Waals surface area contributed by atoms with Crippen molar-refractivity contribution >= 4 is 5.91 Å². The van der Waals surface area contributed by atoms with Gasteiger partial charge in [0.05, 0.1) is 20.1 Å². The van der Waals surface area contributed by atoms with E-state index in [1.807, 2.05) is 25.1 Å². The Balaban J connectivity index is 1.88. The van der Waals surface area contributed by atoms with E-state index in [0.29, 0.717) is 24.0 Å². The smallest absolute Gasteiger partial charge is 0.227 e. The molecule has 0 spiro atoms. The molecule has 4 nitrogen and oxygen atoms in total. The molecule has 0 heterocycles. The normalized spacial score (nSPS) is 11.9. The molecule has 0 aromatic heterocycles. The predicted molar refractivity (Wildman–Crippen MR) is 110 cm³/mol. The van der Waals surface area contributed by atoms with Crippen LogP contribution in [0.25, 0.3) is 0 Å². The molecule has 0 saturated carbocycles. The van der Waals surface area contributed by atoms with Crippen molar-refractivity contribution in [2.24, 2.45) is 5.92 Å². The first-order chi connectivity index (χ1) is 12.9. The summed E-state index contributed by atoms with van der Waals surface area (Å²) >= 11 is 0. The van der Waals surface area contributed by atoms with Crippen molar-refractivity contribution in [1.82, 2.24) is 5.32 Å². The van der Waals surface area contributed by atoms with Crippen LogP contribution in [0.1, 0.15) is 43.4 Å². The number of hydrogen-bond donors (Lipinski definition) is 1. The maximum Gasteiger partial charge on any atom is 0.227 e. The topological polar surface area (TPSA) is 47.6 Å². The van der Waals surface area contributed by atoms with Crippen LogP contribution in [0, 0.1) is 5.92 Å². The highest BCUT2D eigenvalue weighted by Crippen LogP contribution is 2.27. The summed E-state index contributed by atoms with van der Waals surface area (Å²) < 4.78 is 10.6. The van der Waals surface area contributed by atoms with Gasteiger partial charge in [0.1, 0.15) is 0 Å². The number of methoxy groups -OCH3 is 2. The monoisotopic (exact) mass is 369 g/mol. The average molecular weight is 370 g/mol. The predicted octanol–water partition coefficient (Wildman–Crippen LogP) is 4.36. The van der Waals surface area contributed by atoms with E-state index in [0.717, 1.165) is 24.0 Å². The molecule has 146 valence electrons. The van der Waals surface area contributed by atoms with Gasteiger partial charge in [0.15, 0.2) is 11.5 Å². The Morgan fingerprint density at radius 2 is 1.56 bits per heavy atom. The van der Waals surface area contributed by atoms with E-state index in [1.54, 1.807) is 14.2 Å². The number of amides is 1. The van der Waals surface area contributed by atoms with Crippen LogP contribution in [0.15, 0.2) is 42.5 Å². The van der Waals surface area contributed by atoms with Crippen LogP contribution >= 0.6 is 0 Å². The van der Waals surface area contributed by atoms with E-state index in [-0.39, 0.29) is 11.8 Å². The minimum Gasteiger partial charge on any atom is -0.493 e. The molecule has 1 N–H and O–H groups in total. The van der Waals surface area contributed by atoms with Crippen molar-refractivity contribution < 1.29 is 14.3 Å². The molecule has 0 aliphatic carbocycles. The van der Waals surface area contributed by atoms with Crippen LogP contribution < -0.4 is 14.8 Å². The fraction of sp³-hybridized carbons (Fsp3) is 0.435. The lowest BCUT2D eigenvalue weighted by Crippen LogP contribution is -2.29. The van der Waals surface area contributed by atoms with Gasteiger partial charge in [-0.15, -0.1) is 0 Å². The molecule has 0 aliphatic heterocycles. The van der Waals surface area contributed by atoms with Crippen molar-refractivity contribution in [3.8, 4) is 11.5 Å². The first kappa shape index (κ1) is 20.8. The van der Waals surface area contributed by atoms with Crippen molar-refractivity contribution in [3.63, 3.8) is 0 Å². The first-order valence-corrected chi connectivity index (χ1v) is 9.52. The molecule has 0 saturated heterocycles. The molecule has 1 atom stereocenters. The molecule has 4 heteroatoms. The molecule has 27 heavy (non-hydrogen) atoms. The highest BCUT2D eigenvalue weighted by atomic mass is 16.5. The fourth-order valence-corrected chi connectivity index (χ4v) is 3.08. The van der Waals surface area contributed by atoms with Gasteiger partial charge < -0.3 is 14.8 Å². The third kappa shape index (κ3) is 6.02. The Bertz CT molecular complexity index is 738.